The summed E-state index contributed by atoms with van der Waals surface area (Å²) in [5.74, 6) is -0.518. The van der Waals surface area contributed by atoms with E-state index in [1.165, 1.54) is 7.11 Å². The van der Waals surface area contributed by atoms with Gasteiger partial charge in [-0.2, -0.15) is 0 Å². The maximum absolute atomic E-state index is 11.1. The van der Waals surface area contributed by atoms with Crippen molar-refractivity contribution in [3.05, 3.63) is 11.3 Å². The second-order valence-corrected chi connectivity index (χ2v) is 2.74. The van der Waals surface area contributed by atoms with Crippen LogP contribution >= 0.6 is 0 Å². The lowest BCUT2D eigenvalue weighted by Gasteiger charge is -2.27. The van der Waals surface area contributed by atoms with Crippen LogP contribution in [0, 0.1) is 11.3 Å². The maximum atomic E-state index is 11.1. The van der Waals surface area contributed by atoms with Crippen molar-refractivity contribution in [1.29, 1.82) is 5.41 Å². The molecule has 0 saturated carbocycles. The molecule has 1 fully saturated rings. The fourth-order valence-corrected chi connectivity index (χ4v) is 1.01. The van der Waals surface area contributed by atoms with E-state index in [1.807, 2.05) is 0 Å². The van der Waals surface area contributed by atoms with Crippen LogP contribution in [0.25, 0.3) is 0 Å². The third-order valence-corrected chi connectivity index (χ3v) is 1.94. The molecule has 0 bridgehead atoms. The summed E-state index contributed by atoms with van der Waals surface area (Å²) < 4.78 is 9.40. The number of nitrogens with two attached hydrogens (primary N) is 1. The topological polar surface area (TPSA) is 85.4 Å². The predicted molar refractivity (Wildman–Crippen MR) is 46.3 cm³/mol. The minimum Gasteiger partial charge on any atom is -0.465 e. The summed E-state index contributed by atoms with van der Waals surface area (Å²) in [4.78, 5) is 11.1. The normalized spacial score (nSPS) is 18.5. The van der Waals surface area contributed by atoms with E-state index in [0.717, 1.165) is 6.21 Å². The predicted octanol–water partition coefficient (Wildman–Crippen LogP) is -0.332. The molecular weight excluding hydrogens is 172 g/mol. The summed E-state index contributed by atoms with van der Waals surface area (Å²) in [6.45, 7) is 1.03. The van der Waals surface area contributed by atoms with Gasteiger partial charge in [-0.05, 0) is 0 Å². The summed E-state index contributed by atoms with van der Waals surface area (Å²) in [5, 5.41) is 7.01. The van der Waals surface area contributed by atoms with Gasteiger partial charge in [-0.15, -0.1) is 0 Å². The highest BCUT2D eigenvalue weighted by atomic mass is 16.5. The van der Waals surface area contributed by atoms with Crippen molar-refractivity contribution in [3.63, 3.8) is 0 Å². The molecule has 13 heavy (non-hydrogen) atoms. The molecule has 3 N–H and O–H groups in total. The Morgan fingerprint density at radius 1 is 1.69 bits per heavy atom. The van der Waals surface area contributed by atoms with Gasteiger partial charge >= 0.3 is 5.97 Å². The van der Waals surface area contributed by atoms with E-state index in [-0.39, 0.29) is 11.5 Å². The SMILES string of the molecule is COC(=O)C(C=N)=C(N)C1COC1. The van der Waals surface area contributed by atoms with Gasteiger partial charge in [-0.1, -0.05) is 0 Å². The van der Waals surface area contributed by atoms with Crippen LogP contribution in [-0.4, -0.2) is 32.5 Å². The molecule has 5 nitrogen and oxygen atoms in total. The molecule has 0 amide bonds. The van der Waals surface area contributed by atoms with Gasteiger partial charge < -0.3 is 20.6 Å². The quantitative estimate of drug-likeness (QED) is 0.357. The standard InChI is InChI=1S/C8H12N2O3/c1-12-8(11)6(2-9)7(10)5-3-13-4-5/h2,5,9H,3-4,10H2,1H3. The smallest absolute Gasteiger partial charge is 0.341 e. The number of carbonyl (C=O) groups is 1. The van der Waals surface area contributed by atoms with Gasteiger partial charge in [0.2, 0.25) is 0 Å². The Balaban J connectivity index is 2.81. The molecule has 0 aromatic carbocycles. The van der Waals surface area contributed by atoms with Gasteiger partial charge in [0.05, 0.1) is 25.9 Å². The van der Waals surface area contributed by atoms with Gasteiger partial charge in [-0.3, -0.25) is 0 Å². The van der Waals surface area contributed by atoms with Gasteiger partial charge in [0.25, 0.3) is 0 Å². The van der Waals surface area contributed by atoms with Crippen LogP contribution < -0.4 is 5.73 Å². The molecule has 1 rings (SSSR count). The highest BCUT2D eigenvalue weighted by Gasteiger charge is 2.25. The zero-order valence-electron chi connectivity index (χ0n) is 7.37. The summed E-state index contributed by atoms with van der Waals surface area (Å²) in [6.07, 6.45) is 0.916. The molecule has 1 saturated heterocycles. The number of rotatable bonds is 3. The first-order chi connectivity index (χ1) is 6.20. The van der Waals surface area contributed by atoms with E-state index in [1.54, 1.807) is 0 Å². The van der Waals surface area contributed by atoms with Crippen molar-refractivity contribution in [1.82, 2.24) is 0 Å². The molecule has 0 unspecified atom stereocenters. The Bertz CT molecular complexity index is 256. The Hall–Kier alpha value is -1.36. The highest BCUT2D eigenvalue weighted by molar-refractivity contribution is 6.09. The van der Waals surface area contributed by atoms with Crippen molar-refractivity contribution in [3.8, 4) is 0 Å². The molecule has 0 aromatic heterocycles. The van der Waals surface area contributed by atoms with Crippen LogP contribution in [0.15, 0.2) is 11.3 Å². The van der Waals surface area contributed by atoms with Crippen molar-refractivity contribution in [2.45, 2.75) is 0 Å². The highest BCUT2D eigenvalue weighted by Crippen LogP contribution is 2.18. The van der Waals surface area contributed by atoms with Crippen LogP contribution in [0.4, 0.5) is 0 Å². The molecule has 72 valence electrons. The van der Waals surface area contributed by atoms with Crippen molar-refractivity contribution >= 4 is 12.2 Å². The fourth-order valence-electron chi connectivity index (χ4n) is 1.01. The Morgan fingerprint density at radius 3 is 2.62 bits per heavy atom. The molecule has 1 aliphatic heterocycles. The average Bonchev–Trinajstić information content (AvgIpc) is 2.02. The first-order valence-corrected chi connectivity index (χ1v) is 3.87. The lowest BCUT2D eigenvalue weighted by Crippen LogP contribution is -2.34. The van der Waals surface area contributed by atoms with Crippen molar-refractivity contribution < 1.29 is 14.3 Å². The van der Waals surface area contributed by atoms with E-state index in [2.05, 4.69) is 4.74 Å². The van der Waals surface area contributed by atoms with Crippen molar-refractivity contribution in [2.24, 2.45) is 11.7 Å². The molecule has 0 aliphatic carbocycles. The van der Waals surface area contributed by atoms with Gasteiger partial charge in [0.1, 0.15) is 0 Å². The molecule has 1 heterocycles. The summed E-state index contributed by atoms with van der Waals surface area (Å²) in [7, 11) is 1.26. The number of carbonyl (C=O) groups excluding carboxylic acids is 1. The third-order valence-electron chi connectivity index (χ3n) is 1.94. The lowest BCUT2D eigenvalue weighted by molar-refractivity contribution is -0.135. The van der Waals surface area contributed by atoms with Crippen LogP contribution in [-0.2, 0) is 14.3 Å². The number of nitrogens with one attached hydrogen (secondary N) is 1. The first kappa shape index (κ1) is 9.73. The van der Waals surface area contributed by atoms with Crippen molar-refractivity contribution in [2.75, 3.05) is 20.3 Å². The monoisotopic (exact) mass is 184 g/mol. The average molecular weight is 184 g/mol. The summed E-state index contributed by atoms with van der Waals surface area (Å²) in [5.41, 5.74) is 6.16. The van der Waals surface area contributed by atoms with E-state index in [4.69, 9.17) is 15.9 Å². The van der Waals surface area contributed by atoms with Gasteiger partial charge in [0.15, 0.2) is 0 Å². The third kappa shape index (κ3) is 1.86. The minimum absolute atomic E-state index is 0.0516. The second-order valence-electron chi connectivity index (χ2n) is 2.74. The zero-order valence-corrected chi connectivity index (χ0v) is 7.37. The summed E-state index contributed by atoms with van der Waals surface area (Å²) in [6, 6.07) is 0. The van der Waals surface area contributed by atoms with E-state index in [0.29, 0.717) is 18.9 Å². The molecular formula is C8H12N2O3. The first-order valence-electron chi connectivity index (χ1n) is 3.87. The van der Waals surface area contributed by atoms with Crippen LogP contribution in [0.5, 0.6) is 0 Å². The number of hydrogen-bond donors (Lipinski definition) is 2. The Labute approximate surface area is 76.0 Å². The van der Waals surface area contributed by atoms with Crippen LogP contribution in [0.2, 0.25) is 0 Å². The van der Waals surface area contributed by atoms with Crippen LogP contribution in [0.1, 0.15) is 0 Å². The molecule has 0 aromatic rings. The molecule has 0 atom stereocenters. The fraction of sp³-hybridized carbons (Fsp3) is 0.500. The number of ether oxygens (including phenoxy) is 2. The molecule has 0 radical (unpaired) electrons. The molecule has 5 heteroatoms. The van der Waals surface area contributed by atoms with Gasteiger partial charge in [0, 0.05) is 17.8 Å². The second kappa shape index (κ2) is 4.04. The van der Waals surface area contributed by atoms with E-state index < -0.39 is 5.97 Å². The summed E-state index contributed by atoms with van der Waals surface area (Å²) >= 11 is 0. The largest absolute Gasteiger partial charge is 0.465 e. The van der Waals surface area contributed by atoms with Crippen LogP contribution in [0.3, 0.4) is 0 Å². The zero-order chi connectivity index (χ0) is 9.84. The minimum atomic E-state index is -0.570. The van der Waals surface area contributed by atoms with E-state index in [9.17, 15) is 4.79 Å². The Kier molecular flexibility index (Phi) is 3.02. The van der Waals surface area contributed by atoms with E-state index >= 15 is 0 Å². The number of methoxy groups -OCH3 is 1. The molecule has 0 spiro atoms. The lowest BCUT2D eigenvalue weighted by atomic mass is 10.00. The number of esters is 1. The Morgan fingerprint density at radius 2 is 2.31 bits per heavy atom. The number of hydrogen-bond acceptors (Lipinski definition) is 5. The maximum Gasteiger partial charge on any atom is 0.341 e. The van der Waals surface area contributed by atoms with Gasteiger partial charge in [-0.25, -0.2) is 4.79 Å². The molecule has 1 aliphatic rings.